The lowest BCUT2D eigenvalue weighted by Gasteiger charge is -2.13. The molecule has 0 amide bonds. The van der Waals surface area contributed by atoms with Crippen molar-refractivity contribution in [2.45, 2.75) is 32.3 Å². The fourth-order valence-electron chi connectivity index (χ4n) is 1.89. The number of ether oxygens (including phenoxy) is 1. The summed E-state index contributed by atoms with van der Waals surface area (Å²) in [5.74, 6) is 0.116. The van der Waals surface area contributed by atoms with Gasteiger partial charge in [-0.05, 0) is 31.0 Å². The quantitative estimate of drug-likeness (QED) is 0.871. The van der Waals surface area contributed by atoms with Crippen molar-refractivity contribution in [3.05, 3.63) is 35.4 Å². The monoisotopic (exact) mass is 232 g/mol. The third kappa shape index (κ3) is 3.09. The van der Waals surface area contributed by atoms with Gasteiger partial charge in [-0.3, -0.25) is 4.79 Å². The maximum absolute atomic E-state index is 10.5. The summed E-state index contributed by atoms with van der Waals surface area (Å²) in [7, 11) is 0. The van der Waals surface area contributed by atoms with Crippen LogP contribution in [0.5, 0.6) is 5.75 Å². The van der Waals surface area contributed by atoms with Crippen molar-refractivity contribution in [1.82, 2.24) is 0 Å². The lowest BCUT2D eigenvalue weighted by molar-refractivity contribution is -0.136. The lowest BCUT2D eigenvalue weighted by Crippen LogP contribution is -2.09. The summed E-state index contributed by atoms with van der Waals surface area (Å²) in [6.07, 6.45) is 5.96. The zero-order valence-electron chi connectivity index (χ0n) is 9.85. The fraction of sp³-hybridized carbons (Fsp3) is 0.357. The normalized spacial score (nSPS) is 18.1. The molecule has 1 unspecified atom stereocenters. The van der Waals surface area contributed by atoms with Crippen LogP contribution < -0.4 is 4.74 Å². The second kappa shape index (κ2) is 5.04. The van der Waals surface area contributed by atoms with Crippen LogP contribution in [0.15, 0.2) is 24.3 Å². The molecule has 0 radical (unpaired) electrons. The molecule has 3 heteroatoms. The van der Waals surface area contributed by atoms with Crippen molar-refractivity contribution in [2.24, 2.45) is 0 Å². The second-order valence-electron chi connectivity index (χ2n) is 4.33. The molecule has 0 aliphatic carbocycles. The highest BCUT2D eigenvalue weighted by Crippen LogP contribution is 2.26. The number of hydrogen-bond donors (Lipinski definition) is 1. The zero-order valence-corrected chi connectivity index (χ0v) is 9.85. The van der Waals surface area contributed by atoms with Gasteiger partial charge >= 0.3 is 5.97 Å². The Morgan fingerprint density at radius 1 is 1.53 bits per heavy atom. The first-order valence-electron chi connectivity index (χ1n) is 5.83. The first-order chi connectivity index (χ1) is 8.15. The Balaban J connectivity index is 2.18. The van der Waals surface area contributed by atoms with Gasteiger partial charge < -0.3 is 9.84 Å². The molecule has 90 valence electrons. The minimum Gasteiger partial charge on any atom is -0.490 e. The van der Waals surface area contributed by atoms with E-state index >= 15 is 0 Å². The van der Waals surface area contributed by atoms with Crippen molar-refractivity contribution in [2.75, 3.05) is 0 Å². The molecule has 0 bridgehead atoms. The number of carbonyl (C=O) groups is 1. The Morgan fingerprint density at radius 2 is 2.35 bits per heavy atom. The smallest absolute Gasteiger partial charge is 0.303 e. The van der Waals surface area contributed by atoms with Gasteiger partial charge in [-0.15, -0.1) is 0 Å². The van der Waals surface area contributed by atoms with Crippen LogP contribution in [0.25, 0.3) is 6.08 Å². The van der Waals surface area contributed by atoms with Gasteiger partial charge in [-0.25, -0.2) is 0 Å². The average Bonchev–Trinajstić information content (AvgIpc) is 2.46. The molecule has 1 N–H and O–H groups in total. The van der Waals surface area contributed by atoms with Gasteiger partial charge in [-0.2, -0.15) is 0 Å². The third-order valence-corrected chi connectivity index (χ3v) is 2.80. The van der Waals surface area contributed by atoms with Crippen molar-refractivity contribution in [3.8, 4) is 5.75 Å². The van der Waals surface area contributed by atoms with Gasteiger partial charge in [0.1, 0.15) is 5.75 Å². The van der Waals surface area contributed by atoms with E-state index in [4.69, 9.17) is 9.84 Å². The Bertz CT molecular complexity index is 449. The molecule has 17 heavy (non-hydrogen) atoms. The van der Waals surface area contributed by atoms with E-state index in [0.29, 0.717) is 6.42 Å². The van der Waals surface area contributed by atoms with E-state index in [1.165, 1.54) is 0 Å². The average molecular weight is 232 g/mol. The molecular weight excluding hydrogens is 216 g/mol. The highest BCUT2D eigenvalue weighted by Gasteiger charge is 2.10. The summed E-state index contributed by atoms with van der Waals surface area (Å²) in [6.45, 7) is 2.04. The third-order valence-electron chi connectivity index (χ3n) is 2.80. The van der Waals surface area contributed by atoms with Crippen LogP contribution in [0.1, 0.15) is 30.9 Å². The molecule has 2 rings (SSSR count). The number of benzene rings is 1. The largest absolute Gasteiger partial charge is 0.490 e. The van der Waals surface area contributed by atoms with Crippen LogP contribution in [0, 0.1) is 0 Å². The Morgan fingerprint density at radius 3 is 3.12 bits per heavy atom. The predicted octanol–water partition coefficient (Wildman–Crippen LogP) is 2.89. The highest BCUT2D eigenvalue weighted by molar-refractivity contribution is 5.67. The van der Waals surface area contributed by atoms with Gasteiger partial charge in [0, 0.05) is 18.4 Å². The van der Waals surface area contributed by atoms with Crippen molar-refractivity contribution < 1.29 is 14.6 Å². The Labute approximate surface area is 101 Å². The van der Waals surface area contributed by atoms with E-state index in [0.717, 1.165) is 23.3 Å². The first kappa shape index (κ1) is 11.7. The molecule has 1 atom stereocenters. The maximum Gasteiger partial charge on any atom is 0.303 e. The topological polar surface area (TPSA) is 46.5 Å². The van der Waals surface area contributed by atoms with Crippen LogP contribution in [0.2, 0.25) is 0 Å². The predicted molar refractivity (Wildman–Crippen MR) is 66.1 cm³/mol. The maximum atomic E-state index is 10.5. The summed E-state index contributed by atoms with van der Waals surface area (Å²) >= 11 is 0. The van der Waals surface area contributed by atoms with Gasteiger partial charge in [0.2, 0.25) is 0 Å². The van der Waals surface area contributed by atoms with E-state index < -0.39 is 5.97 Å². The van der Waals surface area contributed by atoms with Crippen LogP contribution in [0.4, 0.5) is 0 Å². The Kier molecular flexibility index (Phi) is 3.47. The van der Waals surface area contributed by atoms with Crippen molar-refractivity contribution >= 4 is 12.0 Å². The first-order valence-corrected chi connectivity index (χ1v) is 5.83. The van der Waals surface area contributed by atoms with Crippen LogP contribution >= 0.6 is 0 Å². The van der Waals surface area contributed by atoms with E-state index in [1.54, 1.807) is 0 Å². The molecule has 3 nitrogen and oxygen atoms in total. The molecule has 1 aliphatic rings. The van der Waals surface area contributed by atoms with Crippen LogP contribution in [0.3, 0.4) is 0 Å². The standard InChI is InChI=1S/C14H16O3/c1-10-3-2-4-12-9-11(6-8-14(15)16)5-7-13(12)17-10/h2,4-5,7,9-10H,3,6,8H2,1H3,(H,15,16). The number of hydrogen-bond acceptors (Lipinski definition) is 2. The van der Waals surface area contributed by atoms with Crippen LogP contribution in [-0.2, 0) is 11.2 Å². The number of carboxylic acids is 1. The molecular formula is C14H16O3. The summed E-state index contributed by atoms with van der Waals surface area (Å²) in [4.78, 5) is 10.5. The van der Waals surface area contributed by atoms with E-state index in [1.807, 2.05) is 31.2 Å². The molecule has 0 saturated carbocycles. The fourth-order valence-corrected chi connectivity index (χ4v) is 1.89. The zero-order chi connectivity index (χ0) is 12.3. The molecule has 1 heterocycles. The number of aryl methyl sites for hydroxylation is 1. The van der Waals surface area contributed by atoms with Gasteiger partial charge in [0.25, 0.3) is 0 Å². The molecule has 1 aromatic carbocycles. The van der Waals surface area contributed by atoms with Crippen molar-refractivity contribution in [3.63, 3.8) is 0 Å². The molecule has 0 saturated heterocycles. The summed E-state index contributed by atoms with van der Waals surface area (Å²) in [5, 5.41) is 8.65. The number of fused-ring (bicyclic) bond motifs is 1. The second-order valence-corrected chi connectivity index (χ2v) is 4.33. The minimum absolute atomic E-state index is 0.166. The van der Waals surface area contributed by atoms with Gasteiger partial charge in [0.05, 0.1) is 6.10 Å². The summed E-state index contributed by atoms with van der Waals surface area (Å²) in [5.41, 5.74) is 2.08. The molecule has 0 fully saturated rings. The van der Waals surface area contributed by atoms with Gasteiger partial charge in [0.15, 0.2) is 0 Å². The van der Waals surface area contributed by atoms with E-state index in [9.17, 15) is 4.79 Å². The number of aliphatic carboxylic acids is 1. The molecule has 1 aromatic rings. The van der Waals surface area contributed by atoms with E-state index in [-0.39, 0.29) is 12.5 Å². The SMILES string of the molecule is CC1CC=Cc2cc(CCC(=O)O)ccc2O1. The van der Waals surface area contributed by atoms with Gasteiger partial charge in [-0.1, -0.05) is 18.2 Å². The minimum atomic E-state index is -0.764. The van der Waals surface area contributed by atoms with Crippen molar-refractivity contribution in [1.29, 1.82) is 0 Å². The molecule has 1 aliphatic heterocycles. The lowest BCUT2D eigenvalue weighted by atomic mass is 10.1. The highest BCUT2D eigenvalue weighted by atomic mass is 16.5. The number of carboxylic acid groups (broad SMARTS) is 1. The van der Waals surface area contributed by atoms with Crippen LogP contribution in [-0.4, -0.2) is 17.2 Å². The summed E-state index contributed by atoms with van der Waals surface area (Å²) in [6, 6.07) is 5.87. The Hall–Kier alpha value is -1.77. The number of rotatable bonds is 3. The van der Waals surface area contributed by atoms with E-state index in [2.05, 4.69) is 6.08 Å². The molecule has 0 aromatic heterocycles. The molecule has 0 spiro atoms. The summed E-state index contributed by atoms with van der Waals surface area (Å²) < 4.78 is 5.76.